The maximum Gasteiger partial charge on any atom is 0.338 e. The summed E-state index contributed by atoms with van der Waals surface area (Å²) in [5, 5.41) is 0. The minimum Gasteiger partial charge on any atom is -0.449 e. The molecule has 29 heavy (non-hydrogen) atoms. The Morgan fingerprint density at radius 2 is 1.69 bits per heavy atom. The molecule has 2 aliphatic heterocycles. The lowest BCUT2D eigenvalue weighted by Gasteiger charge is -2.24. The molecule has 7 heteroatoms. The number of imide groups is 1. The Morgan fingerprint density at radius 3 is 2.34 bits per heavy atom. The molecule has 0 unspecified atom stereocenters. The number of fused-ring (bicyclic) bond motifs is 1. The SMILES string of the molecule is CCCCN1C(=O)c2ccc(C(=O)O[C@@H](C)C(=O)N3CCCCCC3)cc2C1=O. The van der Waals surface area contributed by atoms with Gasteiger partial charge in [-0.1, -0.05) is 26.2 Å². The molecule has 0 aromatic heterocycles. The Balaban J connectivity index is 1.68. The van der Waals surface area contributed by atoms with Crippen molar-refractivity contribution in [3.63, 3.8) is 0 Å². The summed E-state index contributed by atoms with van der Waals surface area (Å²) in [6, 6.07) is 4.35. The van der Waals surface area contributed by atoms with Gasteiger partial charge in [-0.05, 0) is 44.4 Å². The summed E-state index contributed by atoms with van der Waals surface area (Å²) < 4.78 is 5.37. The smallest absolute Gasteiger partial charge is 0.338 e. The zero-order valence-electron chi connectivity index (χ0n) is 17.1. The van der Waals surface area contributed by atoms with E-state index in [1.54, 1.807) is 11.8 Å². The van der Waals surface area contributed by atoms with Gasteiger partial charge in [0.1, 0.15) is 0 Å². The minimum absolute atomic E-state index is 0.165. The van der Waals surface area contributed by atoms with E-state index in [4.69, 9.17) is 4.74 Å². The molecule has 1 aromatic carbocycles. The first-order valence-electron chi connectivity index (χ1n) is 10.4. The predicted octanol–water partition coefficient (Wildman–Crippen LogP) is 3.03. The second-order valence-corrected chi connectivity index (χ2v) is 7.66. The second kappa shape index (κ2) is 9.20. The van der Waals surface area contributed by atoms with Gasteiger partial charge < -0.3 is 9.64 Å². The van der Waals surface area contributed by atoms with E-state index in [0.29, 0.717) is 25.2 Å². The first-order chi connectivity index (χ1) is 13.9. The molecule has 156 valence electrons. The van der Waals surface area contributed by atoms with Crippen LogP contribution in [0.5, 0.6) is 0 Å². The number of ether oxygens (including phenoxy) is 1. The first-order valence-corrected chi connectivity index (χ1v) is 10.4. The van der Waals surface area contributed by atoms with Crippen LogP contribution in [0.3, 0.4) is 0 Å². The van der Waals surface area contributed by atoms with Gasteiger partial charge in [0.15, 0.2) is 6.10 Å². The fourth-order valence-electron chi connectivity index (χ4n) is 3.76. The largest absolute Gasteiger partial charge is 0.449 e. The summed E-state index contributed by atoms with van der Waals surface area (Å²) in [5.41, 5.74) is 0.682. The van der Waals surface area contributed by atoms with Gasteiger partial charge in [-0.15, -0.1) is 0 Å². The number of hydrogen-bond acceptors (Lipinski definition) is 5. The Morgan fingerprint density at radius 1 is 1.03 bits per heavy atom. The molecule has 3 rings (SSSR count). The number of likely N-dealkylation sites (tertiary alicyclic amines) is 1. The molecule has 1 saturated heterocycles. The average molecular weight is 400 g/mol. The maximum atomic E-state index is 12.6. The van der Waals surface area contributed by atoms with Crippen molar-refractivity contribution >= 4 is 23.7 Å². The van der Waals surface area contributed by atoms with E-state index in [9.17, 15) is 19.2 Å². The molecule has 0 aliphatic carbocycles. The van der Waals surface area contributed by atoms with Crippen LogP contribution in [0.1, 0.15) is 83.4 Å². The molecule has 0 saturated carbocycles. The van der Waals surface area contributed by atoms with Crippen molar-refractivity contribution in [1.29, 1.82) is 0 Å². The Hall–Kier alpha value is -2.70. The molecule has 1 aromatic rings. The number of esters is 1. The normalized spacial score (nSPS) is 17.7. The summed E-state index contributed by atoms with van der Waals surface area (Å²) in [4.78, 5) is 53.1. The third-order valence-corrected chi connectivity index (χ3v) is 5.49. The van der Waals surface area contributed by atoms with Crippen molar-refractivity contribution in [3.8, 4) is 0 Å². The van der Waals surface area contributed by atoms with Crippen LogP contribution in [0.25, 0.3) is 0 Å². The van der Waals surface area contributed by atoms with Crippen molar-refractivity contribution in [2.24, 2.45) is 0 Å². The van der Waals surface area contributed by atoms with Crippen LogP contribution in [-0.4, -0.2) is 59.2 Å². The van der Waals surface area contributed by atoms with Gasteiger partial charge in [-0.3, -0.25) is 19.3 Å². The fraction of sp³-hybridized carbons (Fsp3) is 0.545. The van der Waals surface area contributed by atoms with Gasteiger partial charge in [0, 0.05) is 19.6 Å². The van der Waals surface area contributed by atoms with Gasteiger partial charge in [0.2, 0.25) is 0 Å². The van der Waals surface area contributed by atoms with Crippen molar-refractivity contribution in [1.82, 2.24) is 9.80 Å². The molecule has 0 N–H and O–H groups in total. The first kappa shape index (κ1) is 21.0. The van der Waals surface area contributed by atoms with Gasteiger partial charge in [-0.25, -0.2) is 4.79 Å². The number of unbranched alkanes of at least 4 members (excludes halogenated alkanes) is 1. The minimum atomic E-state index is -0.896. The van der Waals surface area contributed by atoms with Crippen molar-refractivity contribution in [2.75, 3.05) is 19.6 Å². The zero-order valence-corrected chi connectivity index (χ0v) is 17.1. The molecule has 0 spiro atoms. The number of benzene rings is 1. The summed E-state index contributed by atoms with van der Waals surface area (Å²) in [7, 11) is 0. The Bertz CT molecular complexity index is 811. The molecule has 0 bridgehead atoms. The van der Waals surface area contributed by atoms with Crippen LogP contribution in [0.15, 0.2) is 18.2 Å². The molecule has 2 heterocycles. The molecule has 0 radical (unpaired) electrons. The van der Waals surface area contributed by atoms with Gasteiger partial charge in [0.25, 0.3) is 17.7 Å². The standard InChI is InChI=1S/C22H28N2O5/c1-3-4-13-24-20(26)17-10-9-16(14-18(17)21(24)27)22(28)29-15(2)19(25)23-11-7-5-6-8-12-23/h9-10,14-15H,3-8,11-13H2,1-2H3/t15-/m0/s1. The third kappa shape index (κ3) is 4.49. The van der Waals surface area contributed by atoms with E-state index >= 15 is 0 Å². The summed E-state index contributed by atoms with van der Waals surface area (Å²) in [5.74, 6) is -1.58. The van der Waals surface area contributed by atoms with Gasteiger partial charge in [0.05, 0.1) is 16.7 Å². The summed E-state index contributed by atoms with van der Waals surface area (Å²) in [6.07, 6.45) is 4.84. The fourth-order valence-corrected chi connectivity index (χ4v) is 3.76. The van der Waals surface area contributed by atoms with Crippen LogP contribution in [0.4, 0.5) is 0 Å². The predicted molar refractivity (Wildman–Crippen MR) is 107 cm³/mol. The Kier molecular flexibility index (Phi) is 6.67. The summed E-state index contributed by atoms with van der Waals surface area (Å²) >= 11 is 0. The molecule has 7 nitrogen and oxygen atoms in total. The highest BCUT2D eigenvalue weighted by Gasteiger charge is 2.36. The molecule has 3 amide bonds. The summed E-state index contributed by atoms with van der Waals surface area (Å²) in [6.45, 7) is 5.29. The highest BCUT2D eigenvalue weighted by atomic mass is 16.5. The molecule has 1 fully saturated rings. The van der Waals surface area contributed by atoms with Crippen molar-refractivity contribution < 1.29 is 23.9 Å². The molecule has 2 aliphatic rings. The highest BCUT2D eigenvalue weighted by molar-refractivity contribution is 6.22. The van der Waals surface area contributed by atoms with Gasteiger partial charge in [-0.2, -0.15) is 0 Å². The number of nitrogens with zero attached hydrogens (tertiary/aromatic N) is 2. The molecular formula is C22H28N2O5. The number of carbonyl (C=O) groups is 4. The zero-order chi connectivity index (χ0) is 21.0. The maximum absolute atomic E-state index is 12.6. The van der Waals surface area contributed by atoms with E-state index in [-0.39, 0.29) is 28.8 Å². The van der Waals surface area contributed by atoms with E-state index in [1.165, 1.54) is 23.1 Å². The van der Waals surface area contributed by atoms with Crippen LogP contribution >= 0.6 is 0 Å². The number of carbonyl (C=O) groups excluding carboxylic acids is 4. The lowest BCUT2D eigenvalue weighted by atomic mass is 10.1. The van der Waals surface area contributed by atoms with Gasteiger partial charge >= 0.3 is 5.97 Å². The van der Waals surface area contributed by atoms with Crippen molar-refractivity contribution in [3.05, 3.63) is 34.9 Å². The second-order valence-electron chi connectivity index (χ2n) is 7.66. The molecular weight excluding hydrogens is 372 g/mol. The van der Waals surface area contributed by atoms with Crippen LogP contribution < -0.4 is 0 Å². The lowest BCUT2D eigenvalue weighted by Crippen LogP contribution is -2.40. The quantitative estimate of drug-likeness (QED) is 0.541. The van der Waals surface area contributed by atoms with E-state index in [0.717, 1.165) is 38.5 Å². The van der Waals surface area contributed by atoms with E-state index in [2.05, 4.69) is 0 Å². The van der Waals surface area contributed by atoms with E-state index < -0.39 is 12.1 Å². The van der Waals surface area contributed by atoms with Crippen molar-refractivity contribution in [2.45, 2.75) is 58.5 Å². The van der Waals surface area contributed by atoms with Crippen LogP contribution in [0, 0.1) is 0 Å². The third-order valence-electron chi connectivity index (χ3n) is 5.49. The lowest BCUT2D eigenvalue weighted by molar-refractivity contribution is -0.139. The topological polar surface area (TPSA) is 84.0 Å². The monoisotopic (exact) mass is 400 g/mol. The van der Waals surface area contributed by atoms with E-state index in [1.807, 2.05) is 6.92 Å². The highest BCUT2D eigenvalue weighted by Crippen LogP contribution is 2.25. The average Bonchev–Trinajstić information content (AvgIpc) is 2.91. The van der Waals surface area contributed by atoms with Crippen LogP contribution in [0.2, 0.25) is 0 Å². The number of rotatable bonds is 6. The molecule has 1 atom stereocenters. The van der Waals surface area contributed by atoms with Crippen LogP contribution in [-0.2, 0) is 9.53 Å². The number of hydrogen-bond donors (Lipinski definition) is 0. The Labute approximate surface area is 171 Å². The number of amides is 3.